The van der Waals surface area contributed by atoms with Crippen LogP contribution in [0, 0.1) is 19.8 Å². The van der Waals surface area contributed by atoms with Gasteiger partial charge in [0.05, 0.1) is 0 Å². The zero-order chi connectivity index (χ0) is 14.5. The fraction of sp³-hybridized carbons (Fsp3) is 0.667. The lowest BCUT2D eigenvalue weighted by atomic mass is 9.82. The molecule has 0 radical (unpaired) electrons. The smallest absolute Gasteiger partial charge is 0.0438 e. The average molecular weight is 294 g/mol. The van der Waals surface area contributed by atoms with Gasteiger partial charge in [0.1, 0.15) is 0 Å². The van der Waals surface area contributed by atoms with Crippen LogP contribution in [0.5, 0.6) is 0 Å². The van der Waals surface area contributed by atoms with E-state index in [4.69, 9.17) is 11.6 Å². The van der Waals surface area contributed by atoms with Gasteiger partial charge in [-0.25, -0.2) is 0 Å². The number of benzene rings is 1. The van der Waals surface area contributed by atoms with Crippen LogP contribution in [-0.4, -0.2) is 6.54 Å². The monoisotopic (exact) mass is 293 g/mol. The van der Waals surface area contributed by atoms with Crippen molar-refractivity contribution >= 4 is 11.6 Å². The quantitative estimate of drug-likeness (QED) is 0.747. The zero-order valence-corrected chi connectivity index (χ0v) is 13.9. The summed E-state index contributed by atoms with van der Waals surface area (Å²) in [7, 11) is 0. The van der Waals surface area contributed by atoms with Crippen LogP contribution in [0.25, 0.3) is 0 Å². The molecule has 0 bridgehead atoms. The lowest BCUT2D eigenvalue weighted by Gasteiger charge is -2.28. The molecule has 0 saturated heterocycles. The maximum absolute atomic E-state index is 6.24. The maximum Gasteiger partial charge on any atom is 0.0438 e. The van der Waals surface area contributed by atoms with Crippen LogP contribution < -0.4 is 5.32 Å². The molecule has 1 fully saturated rings. The van der Waals surface area contributed by atoms with E-state index in [1.165, 1.54) is 55.2 Å². The van der Waals surface area contributed by atoms with Crippen LogP contribution in [0.15, 0.2) is 12.1 Å². The van der Waals surface area contributed by atoms with Gasteiger partial charge in [-0.15, -0.1) is 0 Å². The molecule has 1 atom stereocenters. The summed E-state index contributed by atoms with van der Waals surface area (Å²) in [5.74, 6) is 0.892. The predicted octanol–water partition coefficient (Wildman–Crippen LogP) is 5.58. The Balaban J connectivity index is 2.16. The number of hydrogen-bond acceptors (Lipinski definition) is 1. The van der Waals surface area contributed by atoms with Crippen LogP contribution in [0.3, 0.4) is 0 Å². The molecule has 2 rings (SSSR count). The third-order valence-corrected chi connectivity index (χ3v) is 5.07. The van der Waals surface area contributed by atoms with E-state index in [-0.39, 0.29) is 0 Å². The normalized spacial score (nSPS) is 18.2. The molecule has 1 aliphatic rings. The van der Waals surface area contributed by atoms with Crippen molar-refractivity contribution in [2.75, 3.05) is 6.54 Å². The van der Waals surface area contributed by atoms with Gasteiger partial charge in [-0.1, -0.05) is 56.7 Å². The Bertz CT molecular complexity index is 435. The summed E-state index contributed by atoms with van der Waals surface area (Å²) in [6, 6.07) is 4.89. The topological polar surface area (TPSA) is 12.0 Å². The molecule has 0 heterocycles. The second kappa shape index (κ2) is 7.47. The summed E-state index contributed by atoms with van der Waals surface area (Å²) >= 11 is 6.24. The molecular formula is C18H28ClN. The van der Waals surface area contributed by atoms with Gasteiger partial charge in [0.25, 0.3) is 0 Å². The second-order valence-electron chi connectivity index (χ2n) is 6.31. The van der Waals surface area contributed by atoms with Crippen molar-refractivity contribution in [2.24, 2.45) is 5.92 Å². The van der Waals surface area contributed by atoms with Crippen molar-refractivity contribution in [3.05, 3.63) is 33.8 Å². The predicted molar refractivity (Wildman–Crippen MR) is 88.5 cm³/mol. The highest BCUT2D eigenvalue weighted by Gasteiger charge is 2.21. The SMILES string of the molecule is CCNC(CC1CCCCC1)c1cc(C)c(Cl)cc1C. The highest BCUT2D eigenvalue weighted by molar-refractivity contribution is 6.31. The van der Waals surface area contributed by atoms with Crippen molar-refractivity contribution in [1.29, 1.82) is 0 Å². The fourth-order valence-corrected chi connectivity index (χ4v) is 3.72. The number of hydrogen-bond donors (Lipinski definition) is 1. The number of nitrogens with one attached hydrogen (secondary N) is 1. The molecule has 0 aliphatic heterocycles. The molecule has 1 aliphatic carbocycles. The summed E-state index contributed by atoms with van der Waals surface area (Å²) in [6.45, 7) is 7.52. The number of rotatable bonds is 5. The number of aryl methyl sites for hydroxylation is 2. The van der Waals surface area contributed by atoms with Crippen LogP contribution in [0.1, 0.15) is 68.2 Å². The molecule has 20 heavy (non-hydrogen) atoms. The molecular weight excluding hydrogens is 266 g/mol. The Morgan fingerprint density at radius 3 is 2.50 bits per heavy atom. The summed E-state index contributed by atoms with van der Waals surface area (Å²) in [4.78, 5) is 0. The van der Waals surface area contributed by atoms with Gasteiger partial charge in [0.15, 0.2) is 0 Å². The van der Waals surface area contributed by atoms with Gasteiger partial charge in [-0.3, -0.25) is 0 Å². The third kappa shape index (κ3) is 3.99. The molecule has 1 nitrogen and oxygen atoms in total. The van der Waals surface area contributed by atoms with Crippen molar-refractivity contribution in [2.45, 2.75) is 65.3 Å². The molecule has 112 valence electrons. The van der Waals surface area contributed by atoms with E-state index < -0.39 is 0 Å². The van der Waals surface area contributed by atoms with E-state index in [0.717, 1.165) is 17.5 Å². The van der Waals surface area contributed by atoms with Crippen molar-refractivity contribution < 1.29 is 0 Å². The van der Waals surface area contributed by atoms with Crippen LogP contribution in [-0.2, 0) is 0 Å². The Morgan fingerprint density at radius 1 is 1.15 bits per heavy atom. The maximum atomic E-state index is 6.24. The first-order chi connectivity index (χ1) is 9.61. The van der Waals surface area contributed by atoms with Crippen LogP contribution >= 0.6 is 11.6 Å². The first-order valence-electron chi connectivity index (χ1n) is 8.11. The molecule has 2 heteroatoms. The molecule has 1 aromatic rings. The molecule has 1 saturated carbocycles. The first kappa shape index (κ1) is 15.9. The van der Waals surface area contributed by atoms with Crippen molar-refractivity contribution in [3.63, 3.8) is 0 Å². The molecule has 0 aromatic heterocycles. The summed E-state index contributed by atoms with van der Waals surface area (Å²) < 4.78 is 0. The van der Waals surface area contributed by atoms with E-state index in [0.29, 0.717) is 6.04 Å². The van der Waals surface area contributed by atoms with Gasteiger partial charge >= 0.3 is 0 Å². The highest BCUT2D eigenvalue weighted by atomic mass is 35.5. The van der Waals surface area contributed by atoms with Gasteiger partial charge in [0, 0.05) is 11.1 Å². The summed E-state index contributed by atoms with van der Waals surface area (Å²) in [6.07, 6.45) is 8.36. The minimum absolute atomic E-state index is 0.485. The molecule has 1 unspecified atom stereocenters. The van der Waals surface area contributed by atoms with Gasteiger partial charge in [-0.05, 0) is 55.5 Å². The van der Waals surface area contributed by atoms with E-state index in [2.05, 4.69) is 38.2 Å². The highest BCUT2D eigenvalue weighted by Crippen LogP contribution is 2.34. The standard InChI is InChI=1S/C18H28ClN/c1-4-20-18(12-15-8-6-5-7-9-15)16-10-14(3)17(19)11-13(16)2/h10-11,15,18,20H,4-9,12H2,1-3H3. The van der Waals surface area contributed by atoms with E-state index in [1.54, 1.807) is 0 Å². The first-order valence-corrected chi connectivity index (χ1v) is 8.49. The van der Waals surface area contributed by atoms with Crippen molar-refractivity contribution in [3.8, 4) is 0 Å². The Kier molecular flexibility index (Phi) is 5.92. The lowest BCUT2D eigenvalue weighted by Crippen LogP contribution is -2.25. The Labute approximate surface area is 129 Å². The minimum atomic E-state index is 0.485. The van der Waals surface area contributed by atoms with Gasteiger partial charge < -0.3 is 5.32 Å². The number of halogens is 1. The lowest BCUT2D eigenvalue weighted by molar-refractivity contribution is 0.301. The van der Waals surface area contributed by atoms with E-state index in [9.17, 15) is 0 Å². The minimum Gasteiger partial charge on any atom is -0.310 e. The van der Waals surface area contributed by atoms with E-state index in [1.807, 2.05) is 0 Å². The average Bonchev–Trinajstić information content (AvgIpc) is 2.44. The molecule has 1 aromatic carbocycles. The fourth-order valence-electron chi connectivity index (χ4n) is 3.50. The molecule has 0 spiro atoms. The zero-order valence-electron chi connectivity index (χ0n) is 13.1. The molecule has 0 amide bonds. The summed E-state index contributed by atoms with van der Waals surface area (Å²) in [5.41, 5.74) is 3.96. The summed E-state index contributed by atoms with van der Waals surface area (Å²) in [5, 5.41) is 4.58. The van der Waals surface area contributed by atoms with E-state index >= 15 is 0 Å². The molecule has 1 N–H and O–H groups in total. The van der Waals surface area contributed by atoms with Gasteiger partial charge in [-0.2, -0.15) is 0 Å². The third-order valence-electron chi connectivity index (χ3n) is 4.67. The van der Waals surface area contributed by atoms with Crippen molar-refractivity contribution in [1.82, 2.24) is 5.32 Å². The van der Waals surface area contributed by atoms with Crippen LogP contribution in [0.2, 0.25) is 5.02 Å². The van der Waals surface area contributed by atoms with Crippen LogP contribution in [0.4, 0.5) is 0 Å². The Hall–Kier alpha value is -0.530. The van der Waals surface area contributed by atoms with Gasteiger partial charge in [0.2, 0.25) is 0 Å². The second-order valence-corrected chi connectivity index (χ2v) is 6.72. The largest absolute Gasteiger partial charge is 0.310 e. The Morgan fingerprint density at radius 2 is 1.85 bits per heavy atom.